The zero-order valence-corrected chi connectivity index (χ0v) is 10.7. The quantitative estimate of drug-likeness (QED) is 0.810. The first-order valence-corrected chi connectivity index (χ1v) is 6.86. The Bertz CT molecular complexity index is 607. The second kappa shape index (κ2) is 4.18. The van der Waals surface area contributed by atoms with Crippen LogP contribution in [-0.4, -0.2) is 33.9 Å². The first-order chi connectivity index (χ1) is 9.36. The van der Waals surface area contributed by atoms with Crippen molar-refractivity contribution in [3.8, 4) is 11.3 Å². The number of aliphatic hydroxyl groups excluding tert-OH is 1. The molecule has 4 nitrogen and oxygen atoms in total. The first kappa shape index (κ1) is 11.2. The third kappa shape index (κ3) is 1.57. The molecule has 1 fully saturated rings. The Kier molecular flexibility index (Phi) is 2.47. The average Bonchev–Trinajstić information content (AvgIpc) is 3.00. The second-order valence-electron chi connectivity index (χ2n) is 5.44. The highest BCUT2D eigenvalue weighted by molar-refractivity contribution is 5.69. The van der Waals surface area contributed by atoms with Gasteiger partial charge in [-0.1, -0.05) is 24.3 Å². The van der Waals surface area contributed by atoms with Crippen molar-refractivity contribution in [1.82, 2.24) is 14.9 Å². The summed E-state index contributed by atoms with van der Waals surface area (Å²) < 4.78 is 2.23. The molecule has 0 spiro atoms. The standard InChI is InChI=1S/C15H17N3O/c19-14-8-16-6-5-12(14)15-11-4-2-1-3-10(11)13-7-17-9-18(13)15/h1-4,7,9,12,14-16,19H,5-6,8H2/t12-,14-,15-/m0/s1. The van der Waals surface area contributed by atoms with Gasteiger partial charge >= 0.3 is 0 Å². The molecule has 0 unspecified atom stereocenters. The van der Waals surface area contributed by atoms with Crippen molar-refractivity contribution in [2.45, 2.75) is 18.6 Å². The maximum absolute atomic E-state index is 10.3. The third-order valence-electron chi connectivity index (χ3n) is 4.43. The Morgan fingerprint density at radius 1 is 1.32 bits per heavy atom. The van der Waals surface area contributed by atoms with Crippen molar-refractivity contribution in [1.29, 1.82) is 0 Å². The van der Waals surface area contributed by atoms with E-state index in [1.165, 1.54) is 16.8 Å². The molecule has 98 valence electrons. The smallest absolute Gasteiger partial charge is 0.0956 e. The van der Waals surface area contributed by atoms with Gasteiger partial charge in [-0.05, 0) is 18.5 Å². The zero-order valence-electron chi connectivity index (χ0n) is 10.7. The molecule has 0 radical (unpaired) electrons. The molecule has 1 saturated heterocycles. The molecule has 4 rings (SSSR count). The number of aliphatic hydroxyl groups is 1. The molecular weight excluding hydrogens is 238 g/mol. The molecule has 0 bridgehead atoms. The van der Waals surface area contributed by atoms with E-state index >= 15 is 0 Å². The summed E-state index contributed by atoms with van der Waals surface area (Å²) in [5.41, 5.74) is 3.76. The normalized spacial score (nSPS) is 29.0. The Morgan fingerprint density at radius 2 is 2.21 bits per heavy atom. The van der Waals surface area contributed by atoms with Gasteiger partial charge in [-0.25, -0.2) is 4.98 Å². The number of benzene rings is 1. The fourth-order valence-corrected chi connectivity index (χ4v) is 3.54. The van der Waals surface area contributed by atoms with E-state index in [0.29, 0.717) is 6.54 Å². The van der Waals surface area contributed by atoms with Gasteiger partial charge in [0.2, 0.25) is 0 Å². The highest BCUT2D eigenvalue weighted by atomic mass is 16.3. The van der Waals surface area contributed by atoms with Crippen LogP contribution in [-0.2, 0) is 0 Å². The molecule has 1 aromatic heterocycles. The number of imidazole rings is 1. The maximum Gasteiger partial charge on any atom is 0.0956 e. The minimum Gasteiger partial charge on any atom is -0.391 e. The lowest BCUT2D eigenvalue weighted by molar-refractivity contribution is 0.0618. The van der Waals surface area contributed by atoms with Crippen molar-refractivity contribution >= 4 is 0 Å². The monoisotopic (exact) mass is 255 g/mol. The van der Waals surface area contributed by atoms with Crippen LogP contribution in [0.3, 0.4) is 0 Å². The molecule has 19 heavy (non-hydrogen) atoms. The summed E-state index contributed by atoms with van der Waals surface area (Å²) in [6.45, 7) is 1.66. The highest BCUT2D eigenvalue weighted by Gasteiger charge is 2.38. The molecule has 2 aliphatic heterocycles. The summed E-state index contributed by atoms with van der Waals surface area (Å²) >= 11 is 0. The number of rotatable bonds is 1. The van der Waals surface area contributed by atoms with Crippen molar-refractivity contribution in [3.05, 3.63) is 42.4 Å². The van der Waals surface area contributed by atoms with Gasteiger partial charge in [0, 0.05) is 18.0 Å². The van der Waals surface area contributed by atoms with E-state index in [9.17, 15) is 5.11 Å². The fourth-order valence-electron chi connectivity index (χ4n) is 3.54. The average molecular weight is 255 g/mol. The number of piperidine rings is 1. The SMILES string of the molecule is O[C@H]1CNCC[C@@H]1[C@@H]1c2ccccc2-c2cncn21. The predicted molar refractivity (Wildman–Crippen MR) is 72.8 cm³/mol. The number of β-amino-alcohol motifs (C(OH)–C–C–N with tert-alkyl or cyclic N) is 1. The van der Waals surface area contributed by atoms with Crippen molar-refractivity contribution in [2.24, 2.45) is 5.92 Å². The third-order valence-corrected chi connectivity index (χ3v) is 4.43. The summed E-state index contributed by atoms with van der Waals surface area (Å²) in [5, 5.41) is 13.6. The highest BCUT2D eigenvalue weighted by Crippen LogP contribution is 2.44. The van der Waals surface area contributed by atoms with E-state index in [4.69, 9.17) is 0 Å². The molecule has 0 aliphatic carbocycles. The summed E-state index contributed by atoms with van der Waals surface area (Å²) in [6.07, 6.45) is 4.53. The molecule has 2 N–H and O–H groups in total. The lowest BCUT2D eigenvalue weighted by atomic mass is 9.84. The molecule has 2 aliphatic rings. The molecule has 4 heteroatoms. The van der Waals surface area contributed by atoms with Crippen molar-refractivity contribution in [3.63, 3.8) is 0 Å². The number of nitrogens with one attached hydrogen (secondary N) is 1. The van der Waals surface area contributed by atoms with Gasteiger partial charge in [0.25, 0.3) is 0 Å². The molecular formula is C15H17N3O. The first-order valence-electron chi connectivity index (χ1n) is 6.86. The van der Waals surface area contributed by atoms with Crippen LogP contribution in [0.15, 0.2) is 36.8 Å². The topological polar surface area (TPSA) is 50.1 Å². The summed E-state index contributed by atoms with van der Waals surface area (Å²) in [5.74, 6) is 0.262. The minimum atomic E-state index is -0.292. The zero-order chi connectivity index (χ0) is 12.8. The van der Waals surface area contributed by atoms with Crippen molar-refractivity contribution < 1.29 is 5.11 Å². The Hall–Kier alpha value is -1.65. The lowest BCUT2D eigenvalue weighted by Crippen LogP contribution is -2.43. The van der Waals surface area contributed by atoms with Crippen LogP contribution in [0, 0.1) is 5.92 Å². The summed E-state index contributed by atoms with van der Waals surface area (Å²) in [6, 6.07) is 8.71. The van der Waals surface area contributed by atoms with Gasteiger partial charge in [0.05, 0.1) is 30.4 Å². The number of nitrogens with zero attached hydrogens (tertiary/aromatic N) is 2. The number of fused-ring (bicyclic) bond motifs is 3. The van der Waals surface area contributed by atoms with Gasteiger partial charge in [-0.15, -0.1) is 0 Å². The van der Waals surface area contributed by atoms with Gasteiger partial charge < -0.3 is 15.0 Å². The predicted octanol–water partition coefficient (Wildman–Crippen LogP) is 1.42. The molecule has 2 aromatic rings. The van der Waals surface area contributed by atoms with Crippen LogP contribution in [0.5, 0.6) is 0 Å². The number of hydrogen-bond donors (Lipinski definition) is 2. The number of aromatic nitrogens is 2. The number of hydrogen-bond acceptors (Lipinski definition) is 3. The minimum absolute atomic E-state index is 0.228. The van der Waals surface area contributed by atoms with E-state index in [1.54, 1.807) is 0 Å². The Balaban J connectivity index is 1.84. The summed E-state index contributed by atoms with van der Waals surface area (Å²) in [4.78, 5) is 4.28. The van der Waals surface area contributed by atoms with E-state index in [1.807, 2.05) is 12.5 Å². The molecule has 1 aromatic carbocycles. The van der Waals surface area contributed by atoms with Gasteiger partial charge in [-0.2, -0.15) is 0 Å². The van der Waals surface area contributed by atoms with E-state index in [0.717, 1.165) is 13.0 Å². The van der Waals surface area contributed by atoms with Crippen molar-refractivity contribution in [2.75, 3.05) is 13.1 Å². The fraction of sp³-hybridized carbons (Fsp3) is 0.400. The van der Waals surface area contributed by atoms with Crippen LogP contribution in [0.2, 0.25) is 0 Å². The lowest BCUT2D eigenvalue weighted by Gasteiger charge is -2.34. The van der Waals surface area contributed by atoms with Crippen LogP contribution >= 0.6 is 0 Å². The van der Waals surface area contributed by atoms with Crippen LogP contribution < -0.4 is 5.32 Å². The molecule has 3 atom stereocenters. The second-order valence-corrected chi connectivity index (χ2v) is 5.44. The summed E-state index contributed by atoms with van der Waals surface area (Å²) in [7, 11) is 0. The molecule has 3 heterocycles. The van der Waals surface area contributed by atoms with Crippen LogP contribution in [0.1, 0.15) is 18.0 Å². The Labute approximate surface area is 112 Å². The van der Waals surface area contributed by atoms with Gasteiger partial charge in [0.1, 0.15) is 0 Å². The van der Waals surface area contributed by atoms with E-state index in [-0.39, 0.29) is 18.1 Å². The van der Waals surface area contributed by atoms with Gasteiger partial charge in [-0.3, -0.25) is 0 Å². The maximum atomic E-state index is 10.3. The van der Waals surface area contributed by atoms with Gasteiger partial charge in [0.15, 0.2) is 0 Å². The molecule has 0 saturated carbocycles. The van der Waals surface area contributed by atoms with Crippen LogP contribution in [0.25, 0.3) is 11.3 Å². The molecule has 0 amide bonds. The largest absolute Gasteiger partial charge is 0.391 e. The van der Waals surface area contributed by atoms with E-state index in [2.05, 4.69) is 39.1 Å². The van der Waals surface area contributed by atoms with E-state index < -0.39 is 0 Å². The van der Waals surface area contributed by atoms with Crippen LogP contribution in [0.4, 0.5) is 0 Å². The Morgan fingerprint density at radius 3 is 3.11 bits per heavy atom.